The van der Waals surface area contributed by atoms with Gasteiger partial charge in [0.25, 0.3) is 0 Å². The van der Waals surface area contributed by atoms with Crippen LogP contribution in [-0.2, 0) is 4.79 Å². The number of carbonyl (C=O) groups is 1. The lowest BCUT2D eigenvalue weighted by Gasteiger charge is -1.67. The van der Waals surface area contributed by atoms with E-state index in [1.54, 1.807) is 12.2 Å². The Balaban J connectivity index is 3.46. The van der Waals surface area contributed by atoms with E-state index in [2.05, 4.69) is 22.5 Å². The summed E-state index contributed by atoms with van der Waals surface area (Å²) in [6.45, 7) is 3.37. The first kappa shape index (κ1) is 6.63. The molecular weight excluding hydrogens is 156 g/mol. The van der Waals surface area contributed by atoms with Gasteiger partial charge in [-0.1, -0.05) is 18.7 Å². The summed E-state index contributed by atoms with van der Waals surface area (Å²) in [5.74, 6) is 0. The monoisotopic (exact) mass is 160 g/mol. The summed E-state index contributed by atoms with van der Waals surface area (Å²) in [7, 11) is 0. The molecule has 2 heteroatoms. The summed E-state index contributed by atoms with van der Waals surface area (Å²) >= 11 is 2.70. The fourth-order valence-corrected chi connectivity index (χ4v) is 0.296. The molecule has 0 amide bonds. The van der Waals surface area contributed by atoms with E-state index in [-0.39, 0.29) is 4.69 Å². The zero-order chi connectivity index (χ0) is 5.70. The van der Waals surface area contributed by atoms with Gasteiger partial charge < -0.3 is 0 Å². The Kier molecular flexibility index (Phi) is 3.61. The second kappa shape index (κ2) is 3.81. The molecule has 0 saturated carbocycles. The molecule has 0 aliphatic rings. The van der Waals surface area contributed by atoms with Crippen LogP contribution in [0, 0.1) is 0 Å². The summed E-state index contributed by atoms with van der Waals surface area (Å²) < 4.78 is -0.132. The molecule has 0 aromatic rings. The molecule has 0 radical (unpaired) electrons. The maximum atomic E-state index is 9.98. The van der Waals surface area contributed by atoms with Crippen LogP contribution in [0.3, 0.4) is 0 Å². The lowest BCUT2D eigenvalue weighted by Crippen LogP contribution is -1.69. The molecule has 7 heavy (non-hydrogen) atoms. The molecule has 0 aromatic carbocycles. The van der Waals surface area contributed by atoms with Crippen molar-refractivity contribution in [1.29, 1.82) is 0 Å². The Hall–Kier alpha value is -0.370. The number of halogens is 1. The van der Waals surface area contributed by atoms with Gasteiger partial charge in [0.2, 0.25) is 4.69 Å². The molecule has 0 aliphatic carbocycles. The van der Waals surface area contributed by atoms with Crippen LogP contribution in [0.2, 0.25) is 0 Å². The normalized spacial score (nSPS) is 9.29. The summed E-state index contributed by atoms with van der Waals surface area (Å²) in [6.07, 6.45) is 4.49. The van der Waals surface area contributed by atoms with E-state index in [4.69, 9.17) is 0 Å². The van der Waals surface area contributed by atoms with Crippen molar-refractivity contribution in [2.45, 2.75) is 0 Å². The van der Waals surface area contributed by atoms with E-state index in [9.17, 15) is 4.79 Å². The van der Waals surface area contributed by atoms with Crippen molar-refractivity contribution in [3.8, 4) is 0 Å². The van der Waals surface area contributed by atoms with Gasteiger partial charge in [0.05, 0.1) is 0 Å². The average Bonchev–Trinajstić information content (AvgIpc) is 1.61. The Bertz CT molecular complexity index is 105. The van der Waals surface area contributed by atoms with Crippen molar-refractivity contribution >= 4 is 20.6 Å². The van der Waals surface area contributed by atoms with Gasteiger partial charge in [-0.15, -0.1) is 0 Å². The molecule has 0 atom stereocenters. The summed E-state index contributed by atoms with van der Waals surface area (Å²) in [4.78, 5) is 9.98. The fourth-order valence-electron chi connectivity index (χ4n) is 0.144. The molecule has 0 rings (SSSR count). The smallest absolute Gasteiger partial charge is 0.220 e. The minimum atomic E-state index is -0.132. The predicted molar refractivity (Wildman–Crippen MR) is 33.3 cm³/mol. The lowest BCUT2D eigenvalue weighted by atomic mass is 10.5. The maximum absolute atomic E-state index is 9.98. The molecule has 0 heterocycles. The number of hydrogen-bond acceptors (Lipinski definition) is 1. The van der Waals surface area contributed by atoms with Gasteiger partial charge in [0.15, 0.2) is 0 Å². The first-order valence-corrected chi connectivity index (χ1v) is 2.55. The highest BCUT2D eigenvalue weighted by Crippen LogP contribution is 1.84. The maximum Gasteiger partial charge on any atom is 0.220 e. The van der Waals surface area contributed by atoms with Gasteiger partial charge in [-0.25, -0.2) is 0 Å². The van der Waals surface area contributed by atoms with Crippen molar-refractivity contribution in [3.05, 3.63) is 24.8 Å². The third-order valence-corrected chi connectivity index (χ3v) is 0.628. The molecule has 0 unspecified atom stereocenters. The molecule has 0 saturated heterocycles. The van der Waals surface area contributed by atoms with Crippen molar-refractivity contribution < 1.29 is 4.79 Å². The summed E-state index contributed by atoms with van der Waals surface area (Å²) in [5.41, 5.74) is 0. The van der Waals surface area contributed by atoms with Crippen molar-refractivity contribution in [2.75, 3.05) is 0 Å². The largest absolute Gasteiger partial charge is 0.282 e. The minimum Gasteiger partial charge on any atom is -0.282 e. The Morgan fingerprint density at radius 1 is 1.71 bits per heavy atom. The fraction of sp³-hybridized carbons (Fsp3) is 0. The summed E-state index contributed by atoms with van der Waals surface area (Å²) in [6, 6.07) is 0. The van der Waals surface area contributed by atoms with E-state index in [0.29, 0.717) is 0 Å². The molecule has 1 nitrogen and oxygen atoms in total. The standard InChI is InChI=1S/C5H5BrO/c1-2-3-4-5(6)7/h2-4H,1H2. The Morgan fingerprint density at radius 2 is 2.29 bits per heavy atom. The van der Waals surface area contributed by atoms with Gasteiger partial charge in [-0.2, -0.15) is 0 Å². The molecule has 0 bridgehead atoms. The van der Waals surface area contributed by atoms with Gasteiger partial charge >= 0.3 is 0 Å². The summed E-state index contributed by atoms with van der Waals surface area (Å²) in [5, 5.41) is 0. The Morgan fingerprint density at radius 3 is 2.43 bits per heavy atom. The molecule has 0 aliphatic heterocycles. The van der Waals surface area contributed by atoms with E-state index in [0.717, 1.165) is 0 Å². The van der Waals surface area contributed by atoms with Crippen molar-refractivity contribution in [1.82, 2.24) is 0 Å². The first-order valence-electron chi connectivity index (χ1n) is 1.76. The van der Waals surface area contributed by atoms with Crippen LogP contribution < -0.4 is 0 Å². The number of carbonyl (C=O) groups excluding carboxylic acids is 1. The van der Waals surface area contributed by atoms with Crippen molar-refractivity contribution in [2.24, 2.45) is 0 Å². The van der Waals surface area contributed by atoms with Crippen LogP contribution in [0.4, 0.5) is 0 Å². The highest BCUT2D eigenvalue weighted by molar-refractivity contribution is 9.18. The number of hydrogen-bond donors (Lipinski definition) is 0. The SMILES string of the molecule is C=CC=CC(=O)Br. The number of allylic oxidation sites excluding steroid dienone is 3. The average molecular weight is 161 g/mol. The van der Waals surface area contributed by atoms with Crippen LogP contribution in [0.1, 0.15) is 0 Å². The van der Waals surface area contributed by atoms with Gasteiger partial charge in [-0.3, -0.25) is 4.79 Å². The zero-order valence-corrected chi connectivity index (χ0v) is 5.31. The van der Waals surface area contributed by atoms with Gasteiger partial charge in [-0.05, 0) is 22.0 Å². The van der Waals surface area contributed by atoms with Crippen molar-refractivity contribution in [3.63, 3.8) is 0 Å². The first-order chi connectivity index (χ1) is 3.27. The highest BCUT2D eigenvalue weighted by atomic mass is 79.9. The van der Waals surface area contributed by atoms with Crippen LogP contribution >= 0.6 is 15.9 Å². The molecule has 38 valence electrons. The zero-order valence-electron chi connectivity index (χ0n) is 3.73. The van der Waals surface area contributed by atoms with E-state index < -0.39 is 0 Å². The van der Waals surface area contributed by atoms with Crippen LogP contribution in [0.5, 0.6) is 0 Å². The van der Waals surface area contributed by atoms with Gasteiger partial charge in [0, 0.05) is 0 Å². The Labute approximate surface area is 50.8 Å². The van der Waals surface area contributed by atoms with Crippen LogP contribution in [0.25, 0.3) is 0 Å². The topological polar surface area (TPSA) is 17.1 Å². The predicted octanol–water partition coefficient (Wildman–Crippen LogP) is 1.65. The van der Waals surface area contributed by atoms with E-state index >= 15 is 0 Å². The van der Waals surface area contributed by atoms with Crippen LogP contribution in [-0.4, -0.2) is 4.69 Å². The molecule has 0 aromatic heterocycles. The molecule has 0 fully saturated rings. The molecule has 0 spiro atoms. The van der Waals surface area contributed by atoms with Gasteiger partial charge in [0.1, 0.15) is 0 Å². The quantitative estimate of drug-likeness (QED) is 0.342. The van der Waals surface area contributed by atoms with E-state index in [1.165, 1.54) is 6.08 Å². The second-order valence-electron chi connectivity index (χ2n) is 0.899. The third-order valence-electron chi connectivity index (χ3n) is 0.363. The highest BCUT2D eigenvalue weighted by Gasteiger charge is 1.77. The molecular formula is C5H5BrO. The van der Waals surface area contributed by atoms with E-state index in [1.807, 2.05) is 0 Å². The lowest BCUT2D eigenvalue weighted by molar-refractivity contribution is -0.106. The minimum absolute atomic E-state index is 0.132. The molecule has 0 N–H and O–H groups in total. The van der Waals surface area contributed by atoms with Crippen LogP contribution in [0.15, 0.2) is 24.8 Å². The third kappa shape index (κ3) is 5.63. The second-order valence-corrected chi connectivity index (χ2v) is 1.68. The number of rotatable bonds is 2.